The van der Waals surface area contributed by atoms with E-state index < -0.39 is 0 Å². The van der Waals surface area contributed by atoms with Crippen LogP contribution in [-0.4, -0.2) is 24.3 Å². The molecule has 0 spiro atoms. The molecule has 0 aliphatic heterocycles. The monoisotopic (exact) mass is 206 g/mol. The summed E-state index contributed by atoms with van der Waals surface area (Å²) >= 11 is 0. The van der Waals surface area contributed by atoms with Crippen molar-refractivity contribution in [1.82, 2.24) is 24.3 Å². The van der Waals surface area contributed by atoms with Gasteiger partial charge < -0.3 is 10.3 Å². The van der Waals surface area contributed by atoms with Crippen LogP contribution in [0.1, 0.15) is 19.2 Å². The molecule has 2 rings (SSSR count). The molecule has 80 valence electrons. The Morgan fingerprint density at radius 2 is 2.27 bits per heavy atom. The first-order valence-corrected chi connectivity index (χ1v) is 4.93. The Morgan fingerprint density at radius 3 is 2.93 bits per heavy atom. The Labute approximate surface area is 87.8 Å². The first-order chi connectivity index (χ1) is 7.29. The van der Waals surface area contributed by atoms with Crippen molar-refractivity contribution in [3.8, 4) is 0 Å². The summed E-state index contributed by atoms with van der Waals surface area (Å²) < 4.78 is 3.79. The maximum Gasteiger partial charge on any atom is 0.146 e. The predicted molar refractivity (Wildman–Crippen MR) is 56.1 cm³/mol. The van der Waals surface area contributed by atoms with Gasteiger partial charge in [-0.1, -0.05) is 6.92 Å². The largest absolute Gasteiger partial charge is 0.382 e. The van der Waals surface area contributed by atoms with Crippen LogP contribution >= 0.6 is 0 Å². The van der Waals surface area contributed by atoms with Gasteiger partial charge in [-0.15, -0.1) is 0 Å². The van der Waals surface area contributed by atoms with Gasteiger partial charge in [-0.05, 0) is 6.42 Å². The smallest absolute Gasteiger partial charge is 0.146 e. The third-order valence-electron chi connectivity index (χ3n) is 2.11. The van der Waals surface area contributed by atoms with Crippen LogP contribution in [0, 0.1) is 0 Å². The molecule has 0 unspecified atom stereocenters. The van der Waals surface area contributed by atoms with Gasteiger partial charge in [0.25, 0.3) is 0 Å². The molecule has 0 radical (unpaired) electrons. The van der Waals surface area contributed by atoms with Crippen molar-refractivity contribution in [1.29, 1.82) is 0 Å². The lowest BCUT2D eigenvalue weighted by Gasteiger charge is -2.04. The molecular weight excluding hydrogens is 192 g/mol. The van der Waals surface area contributed by atoms with E-state index in [1.54, 1.807) is 18.9 Å². The Hall–Kier alpha value is -1.85. The van der Waals surface area contributed by atoms with Gasteiger partial charge in [-0.3, -0.25) is 0 Å². The van der Waals surface area contributed by atoms with Crippen LogP contribution in [0.2, 0.25) is 0 Å². The molecule has 0 aromatic carbocycles. The van der Waals surface area contributed by atoms with E-state index in [9.17, 15) is 0 Å². The molecule has 0 aliphatic rings. The van der Waals surface area contributed by atoms with Crippen molar-refractivity contribution in [2.45, 2.75) is 26.4 Å². The Bertz CT molecular complexity index is 429. The van der Waals surface area contributed by atoms with Gasteiger partial charge >= 0.3 is 0 Å². The summed E-state index contributed by atoms with van der Waals surface area (Å²) in [5.74, 6) is 1.45. The Balaban J connectivity index is 2.13. The first kappa shape index (κ1) is 9.70. The molecule has 15 heavy (non-hydrogen) atoms. The van der Waals surface area contributed by atoms with Gasteiger partial charge in [0.2, 0.25) is 0 Å². The van der Waals surface area contributed by atoms with Crippen LogP contribution in [-0.2, 0) is 13.1 Å². The second-order valence-corrected chi connectivity index (χ2v) is 3.37. The zero-order chi connectivity index (χ0) is 10.7. The van der Waals surface area contributed by atoms with Crippen molar-refractivity contribution >= 4 is 5.82 Å². The summed E-state index contributed by atoms with van der Waals surface area (Å²) in [5.41, 5.74) is 5.53. The standard InChI is InChI=1S/C9H14N6/c1-2-3-15-9(11-6-13-15)5-14-4-8(10)12-7-14/h4,6-7H,2-3,5,10H2,1H3. The van der Waals surface area contributed by atoms with Crippen LogP contribution in [0.15, 0.2) is 18.9 Å². The molecule has 6 nitrogen and oxygen atoms in total. The van der Waals surface area contributed by atoms with Crippen LogP contribution in [0.4, 0.5) is 5.82 Å². The Kier molecular flexibility index (Phi) is 2.66. The summed E-state index contributed by atoms with van der Waals surface area (Å²) in [6.45, 7) is 3.66. The molecule has 0 aliphatic carbocycles. The van der Waals surface area contributed by atoms with Gasteiger partial charge in [0.15, 0.2) is 0 Å². The second kappa shape index (κ2) is 4.12. The minimum absolute atomic E-state index is 0.525. The highest BCUT2D eigenvalue weighted by molar-refractivity contribution is 5.22. The van der Waals surface area contributed by atoms with E-state index in [1.165, 1.54) is 0 Å². The molecule has 2 aromatic heterocycles. The molecular formula is C9H14N6. The number of aromatic nitrogens is 5. The summed E-state index contributed by atoms with van der Waals surface area (Å²) in [4.78, 5) is 8.16. The van der Waals surface area contributed by atoms with E-state index >= 15 is 0 Å². The minimum atomic E-state index is 0.525. The highest BCUT2D eigenvalue weighted by Gasteiger charge is 2.04. The van der Waals surface area contributed by atoms with Crippen molar-refractivity contribution in [2.24, 2.45) is 0 Å². The van der Waals surface area contributed by atoms with E-state index in [2.05, 4.69) is 22.0 Å². The fourth-order valence-corrected chi connectivity index (χ4v) is 1.44. The third kappa shape index (κ3) is 2.15. The SMILES string of the molecule is CCCn1ncnc1Cn1cnc(N)c1. The number of imidazole rings is 1. The maximum atomic E-state index is 5.53. The lowest BCUT2D eigenvalue weighted by molar-refractivity contribution is 0.554. The summed E-state index contributed by atoms with van der Waals surface area (Å²) in [6, 6.07) is 0. The quantitative estimate of drug-likeness (QED) is 0.791. The van der Waals surface area contributed by atoms with Gasteiger partial charge in [0.05, 0.1) is 12.9 Å². The van der Waals surface area contributed by atoms with Gasteiger partial charge in [-0.25, -0.2) is 14.6 Å². The molecule has 0 atom stereocenters. The number of aryl methyl sites for hydroxylation is 1. The first-order valence-electron chi connectivity index (χ1n) is 4.93. The van der Waals surface area contributed by atoms with Crippen molar-refractivity contribution in [2.75, 3.05) is 5.73 Å². The number of anilines is 1. The minimum Gasteiger partial charge on any atom is -0.382 e. The summed E-state index contributed by atoms with van der Waals surface area (Å²) in [5, 5.41) is 4.15. The Morgan fingerprint density at radius 1 is 1.40 bits per heavy atom. The highest BCUT2D eigenvalue weighted by Crippen LogP contribution is 2.02. The van der Waals surface area contributed by atoms with Crippen LogP contribution < -0.4 is 5.73 Å². The molecule has 0 saturated carbocycles. The molecule has 2 heterocycles. The van der Waals surface area contributed by atoms with E-state index in [1.807, 2.05) is 9.25 Å². The average Bonchev–Trinajstić information content (AvgIpc) is 2.78. The third-order valence-corrected chi connectivity index (χ3v) is 2.11. The fraction of sp³-hybridized carbons (Fsp3) is 0.444. The van der Waals surface area contributed by atoms with E-state index in [-0.39, 0.29) is 0 Å². The van der Waals surface area contributed by atoms with Crippen molar-refractivity contribution in [3.63, 3.8) is 0 Å². The number of hydrogen-bond donors (Lipinski definition) is 1. The molecule has 2 aromatic rings. The normalized spacial score (nSPS) is 10.7. The lowest BCUT2D eigenvalue weighted by Crippen LogP contribution is -2.09. The lowest BCUT2D eigenvalue weighted by atomic mass is 10.4. The second-order valence-electron chi connectivity index (χ2n) is 3.37. The van der Waals surface area contributed by atoms with E-state index in [0.29, 0.717) is 12.4 Å². The number of nitrogen functional groups attached to an aromatic ring is 1. The summed E-state index contributed by atoms with van der Waals surface area (Å²) in [6.07, 6.45) is 6.10. The molecule has 0 fully saturated rings. The van der Waals surface area contributed by atoms with Crippen LogP contribution in [0.25, 0.3) is 0 Å². The van der Waals surface area contributed by atoms with Crippen molar-refractivity contribution in [3.05, 3.63) is 24.7 Å². The predicted octanol–water partition coefficient (Wildman–Crippen LogP) is 0.515. The molecule has 0 bridgehead atoms. The molecule has 2 N–H and O–H groups in total. The van der Waals surface area contributed by atoms with Gasteiger partial charge in [0, 0.05) is 12.7 Å². The molecule has 0 amide bonds. The topological polar surface area (TPSA) is 74.5 Å². The number of nitrogens with zero attached hydrogens (tertiary/aromatic N) is 5. The zero-order valence-electron chi connectivity index (χ0n) is 8.67. The van der Waals surface area contributed by atoms with E-state index in [4.69, 9.17) is 5.73 Å². The van der Waals surface area contributed by atoms with Gasteiger partial charge in [-0.2, -0.15) is 5.10 Å². The average molecular weight is 206 g/mol. The van der Waals surface area contributed by atoms with Gasteiger partial charge in [0.1, 0.15) is 18.0 Å². The van der Waals surface area contributed by atoms with Crippen LogP contribution in [0.3, 0.4) is 0 Å². The van der Waals surface area contributed by atoms with E-state index in [0.717, 1.165) is 18.8 Å². The van der Waals surface area contributed by atoms with Crippen molar-refractivity contribution < 1.29 is 0 Å². The highest BCUT2D eigenvalue weighted by atomic mass is 15.3. The number of nitrogens with two attached hydrogens (primary N) is 1. The number of hydrogen-bond acceptors (Lipinski definition) is 4. The molecule has 0 saturated heterocycles. The molecule has 6 heteroatoms. The van der Waals surface area contributed by atoms with Crippen LogP contribution in [0.5, 0.6) is 0 Å². The zero-order valence-corrected chi connectivity index (χ0v) is 8.67. The maximum absolute atomic E-state index is 5.53. The summed E-state index contributed by atoms with van der Waals surface area (Å²) in [7, 11) is 0. The number of rotatable bonds is 4. The fourth-order valence-electron chi connectivity index (χ4n) is 1.44.